The van der Waals surface area contributed by atoms with Crippen LogP contribution in [0.25, 0.3) is 0 Å². The number of amides is 1. The molecule has 2 aromatic rings. The molecule has 0 saturated carbocycles. The number of thiocarbonyl (C=S) groups is 1. The first-order valence-corrected chi connectivity index (χ1v) is 9.97. The first kappa shape index (κ1) is 22.4. The molecule has 7 heteroatoms. The standard InChI is InChI=1S/C22H26N2O4S/c1-3-27-19-12-8-11-18(15-19)21(26)23-22(29)24(14-13-20(25)28-4-2)16-17-9-6-5-7-10-17/h5-12,15H,3-4,13-14,16H2,1-2H3,(H,23,26,29). The summed E-state index contributed by atoms with van der Waals surface area (Å²) in [5.41, 5.74) is 1.47. The Hall–Kier alpha value is -2.93. The maximum absolute atomic E-state index is 12.6. The van der Waals surface area contributed by atoms with Crippen molar-refractivity contribution in [2.45, 2.75) is 26.8 Å². The summed E-state index contributed by atoms with van der Waals surface area (Å²) in [6.45, 7) is 5.30. The molecule has 0 aliphatic heterocycles. The summed E-state index contributed by atoms with van der Waals surface area (Å²) in [6, 6.07) is 16.6. The molecule has 0 unspecified atom stereocenters. The van der Waals surface area contributed by atoms with E-state index in [9.17, 15) is 9.59 Å². The van der Waals surface area contributed by atoms with Gasteiger partial charge in [-0.05, 0) is 49.8 Å². The molecule has 0 atom stereocenters. The van der Waals surface area contributed by atoms with Crippen LogP contribution in [0.1, 0.15) is 36.2 Å². The van der Waals surface area contributed by atoms with Gasteiger partial charge in [0.2, 0.25) is 0 Å². The second kappa shape index (κ2) is 11.8. The fourth-order valence-electron chi connectivity index (χ4n) is 2.66. The molecule has 29 heavy (non-hydrogen) atoms. The molecule has 0 heterocycles. The Labute approximate surface area is 176 Å². The number of esters is 1. The van der Waals surface area contributed by atoms with E-state index in [1.54, 1.807) is 36.1 Å². The fraction of sp³-hybridized carbons (Fsp3) is 0.318. The van der Waals surface area contributed by atoms with Crippen LogP contribution in [0.3, 0.4) is 0 Å². The molecule has 0 spiro atoms. The van der Waals surface area contributed by atoms with Crippen LogP contribution < -0.4 is 10.1 Å². The highest BCUT2D eigenvalue weighted by atomic mass is 32.1. The second-order valence-corrected chi connectivity index (χ2v) is 6.57. The van der Waals surface area contributed by atoms with Crippen LogP contribution in [-0.4, -0.2) is 41.6 Å². The zero-order chi connectivity index (χ0) is 21.1. The summed E-state index contributed by atoms with van der Waals surface area (Å²) >= 11 is 5.46. The van der Waals surface area contributed by atoms with Crippen LogP contribution in [0.4, 0.5) is 0 Å². The van der Waals surface area contributed by atoms with Gasteiger partial charge >= 0.3 is 5.97 Å². The first-order valence-electron chi connectivity index (χ1n) is 9.56. The van der Waals surface area contributed by atoms with Gasteiger partial charge in [-0.2, -0.15) is 0 Å². The predicted molar refractivity (Wildman–Crippen MR) is 116 cm³/mol. The summed E-state index contributed by atoms with van der Waals surface area (Å²) in [7, 11) is 0. The van der Waals surface area contributed by atoms with Gasteiger partial charge in [-0.1, -0.05) is 36.4 Å². The van der Waals surface area contributed by atoms with E-state index >= 15 is 0 Å². The molecule has 2 rings (SSSR count). The van der Waals surface area contributed by atoms with E-state index in [1.165, 1.54) is 0 Å². The van der Waals surface area contributed by atoms with E-state index in [0.717, 1.165) is 5.56 Å². The van der Waals surface area contributed by atoms with Gasteiger partial charge < -0.3 is 14.4 Å². The second-order valence-electron chi connectivity index (χ2n) is 6.18. The van der Waals surface area contributed by atoms with Gasteiger partial charge in [-0.15, -0.1) is 0 Å². The van der Waals surface area contributed by atoms with Crippen molar-refractivity contribution in [3.05, 3.63) is 65.7 Å². The van der Waals surface area contributed by atoms with Crippen molar-refractivity contribution in [1.29, 1.82) is 0 Å². The minimum Gasteiger partial charge on any atom is -0.494 e. The molecule has 2 aromatic carbocycles. The lowest BCUT2D eigenvalue weighted by Crippen LogP contribution is -2.43. The molecule has 0 radical (unpaired) electrons. The van der Waals surface area contributed by atoms with Crippen molar-refractivity contribution < 1.29 is 19.1 Å². The summed E-state index contributed by atoms with van der Waals surface area (Å²) in [5.74, 6) is -0.00984. The number of carbonyl (C=O) groups excluding carboxylic acids is 2. The summed E-state index contributed by atoms with van der Waals surface area (Å²) in [6.07, 6.45) is 0.177. The number of ether oxygens (including phenoxy) is 2. The number of rotatable bonds is 9. The van der Waals surface area contributed by atoms with Crippen LogP contribution in [0.5, 0.6) is 5.75 Å². The number of nitrogens with one attached hydrogen (secondary N) is 1. The van der Waals surface area contributed by atoms with Gasteiger partial charge in [-0.3, -0.25) is 14.9 Å². The molecule has 1 amide bonds. The van der Waals surface area contributed by atoms with Gasteiger partial charge in [0.15, 0.2) is 5.11 Å². The number of benzene rings is 2. The Morgan fingerprint density at radius 1 is 1.03 bits per heavy atom. The monoisotopic (exact) mass is 414 g/mol. The van der Waals surface area contributed by atoms with E-state index in [1.807, 2.05) is 37.3 Å². The maximum atomic E-state index is 12.6. The number of nitrogens with zero attached hydrogens (tertiary/aromatic N) is 1. The molecule has 1 N–H and O–H groups in total. The zero-order valence-corrected chi connectivity index (χ0v) is 17.5. The van der Waals surface area contributed by atoms with Crippen molar-refractivity contribution in [2.24, 2.45) is 0 Å². The third-order valence-corrected chi connectivity index (χ3v) is 4.38. The summed E-state index contributed by atoms with van der Waals surface area (Å²) in [4.78, 5) is 26.2. The van der Waals surface area contributed by atoms with Crippen molar-refractivity contribution in [3.63, 3.8) is 0 Å². The van der Waals surface area contributed by atoms with E-state index in [2.05, 4.69) is 5.32 Å². The van der Waals surface area contributed by atoms with Crippen LogP contribution in [0.15, 0.2) is 54.6 Å². The average Bonchev–Trinajstić information content (AvgIpc) is 2.72. The highest BCUT2D eigenvalue weighted by molar-refractivity contribution is 7.80. The summed E-state index contributed by atoms with van der Waals surface area (Å²) < 4.78 is 10.4. The molecule has 0 aliphatic rings. The number of hydrogen-bond donors (Lipinski definition) is 1. The highest BCUT2D eigenvalue weighted by Gasteiger charge is 2.16. The van der Waals surface area contributed by atoms with Crippen LogP contribution in [0, 0.1) is 0 Å². The lowest BCUT2D eigenvalue weighted by molar-refractivity contribution is -0.143. The Bertz CT molecular complexity index is 827. The van der Waals surface area contributed by atoms with Gasteiger partial charge in [-0.25, -0.2) is 0 Å². The molecule has 0 bridgehead atoms. The highest BCUT2D eigenvalue weighted by Crippen LogP contribution is 2.13. The first-order chi connectivity index (χ1) is 14.0. The Kier molecular flexibility index (Phi) is 9.11. The van der Waals surface area contributed by atoms with E-state index < -0.39 is 0 Å². The van der Waals surface area contributed by atoms with Crippen molar-refractivity contribution in [3.8, 4) is 5.75 Å². The molecular weight excluding hydrogens is 388 g/mol. The van der Waals surface area contributed by atoms with Gasteiger partial charge in [0.05, 0.1) is 19.6 Å². The maximum Gasteiger partial charge on any atom is 0.307 e. The smallest absolute Gasteiger partial charge is 0.307 e. The Morgan fingerprint density at radius 3 is 2.48 bits per heavy atom. The van der Waals surface area contributed by atoms with Crippen molar-refractivity contribution >= 4 is 29.2 Å². The molecule has 0 fully saturated rings. The van der Waals surface area contributed by atoms with E-state index in [0.29, 0.717) is 37.6 Å². The number of carbonyl (C=O) groups is 2. The molecule has 0 aliphatic carbocycles. The van der Waals surface area contributed by atoms with Gasteiger partial charge in [0.25, 0.3) is 5.91 Å². The van der Waals surface area contributed by atoms with Gasteiger partial charge in [0, 0.05) is 18.7 Å². The van der Waals surface area contributed by atoms with Crippen LogP contribution in [0.2, 0.25) is 0 Å². The fourth-order valence-corrected chi connectivity index (χ4v) is 2.91. The number of hydrogen-bond acceptors (Lipinski definition) is 5. The normalized spacial score (nSPS) is 10.1. The molecule has 154 valence electrons. The molecule has 0 saturated heterocycles. The minimum absolute atomic E-state index is 0.177. The minimum atomic E-state index is -0.328. The lowest BCUT2D eigenvalue weighted by atomic mass is 10.2. The van der Waals surface area contributed by atoms with Crippen LogP contribution >= 0.6 is 12.2 Å². The largest absolute Gasteiger partial charge is 0.494 e. The molecular formula is C22H26N2O4S. The topological polar surface area (TPSA) is 67.9 Å². The van der Waals surface area contributed by atoms with Crippen LogP contribution in [-0.2, 0) is 16.1 Å². The zero-order valence-electron chi connectivity index (χ0n) is 16.7. The average molecular weight is 415 g/mol. The third kappa shape index (κ3) is 7.54. The summed E-state index contributed by atoms with van der Waals surface area (Å²) in [5, 5.41) is 3.01. The van der Waals surface area contributed by atoms with Crippen molar-refractivity contribution in [1.82, 2.24) is 10.2 Å². The molecule has 0 aromatic heterocycles. The van der Waals surface area contributed by atoms with Crippen molar-refractivity contribution in [2.75, 3.05) is 19.8 Å². The molecule has 6 nitrogen and oxygen atoms in total. The van der Waals surface area contributed by atoms with E-state index in [-0.39, 0.29) is 23.4 Å². The Morgan fingerprint density at radius 2 is 1.79 bits per heavy atom. The lowest BCUT2D eigenvalue weighted by Gasteiger charge is -2.25. The Balaban J connectivity index is 2.07. The SMILES string of the molecule is CCOC(=O)CCN(Cc1ccccc1)C(=S)NC(=O)c1cccc(OCC)c1. The van der Waals surface area contributed by atoms with Gasteiger partial charge in [0.1, 0.15) is 5.75 Å². The third-order valence-electron chi connectivity index (χ3n) is 4.02. The van der Waals surface area contributed by atoms with E-state index in [4.69, 9.17) is 21.7 Å². The predicted octanol–water partition coefficient (Wildman–Crippen LogP) is 3.56. The quantitative estimate of drug-likeness (QED) is 0.500.